The molecule has 0 aliphatic carbocycles. The summed E-state index contributed by atoms with van der Waals surface area (Å²) in [6.45, 7) is 11.7. The van der Waals surface area contributed by atoms with Crippen molar-refractivity contribution in [2.24, 2.45) is 0 Å². The first-order chi connectivity index (χ1) is 9.95. The van der Waals surface area contributed by atoms with Crippen molar-refractivity contribution in [2.75, 3.05) is 6.54 Å². The van der Waals surface area contributed by atoms with Crippen LogP contribution in [0.5, 0.6) is 0 Å². The zero-order valence-corrected chi connectivity index (χ0v) is 15.1. The highest BCUT2D eigenvalue weighted by atomic mass is 79.9. The number of hydrogen-bond acceptors (Lipinski definition) is 2. The molecule has 0 spiro atoms. The van der Waals surface area contributed by atoms with Crippen LogP contribution >= 0.6 is 15.9 Å². The molecular weight excluding hydrogens is 326 g/mol. The quantitative estimate of drug-likeness (QED) is 0.853. The number of rotatable bonds is 5. The summed E-state index contributed by atoms with van der Waals surface area (Å²) in [5, 5.41) is 8.27. The number of aromatic nitrogens is 2. The van der Waals surface area contributed by atoms with Crippen molar-refractivity contribution in [1.82, 2.24) is 15.1 Å². The molecule has 0 fully saturated rings. The first-order valence-electron chi connectivity index (χ1n) is 7.51. The van der Waals surface area contributed by atoms with Crippen LogP contribution in [0.1, 0.15) is 48.8 Å². The molecule has 114 valence electrons. The van der Waals surface area contributed by atoms with Crippen molar-refractivity contribution in [3.05, 3.63) is 45.2 Å². The van der Waals surface area contributed by atoms with Crippen molar-refractivity contribution < 1.29 is 0 Å². The van der Waals surface area contributed by atoms with E-state index >= 15 is 0 Å². The van der Waals surface area contributed by atoms with Gasteiger partial charge >= 0.3 is 0 Å². The Bertz CT molecular complexity index is 631. The number of nitrogens with zero attached hydrogens (tertiary/aromatic N) is 2. The first-order valence-corrected chi connectivity index (χ1v) is 8.31. The minimum Gasteiger partial charge on any atom is -0.310 e. The fourth-order valence-corrected chi connectivity index (χ4v) is 2.87. The Kier molecular flexibility index (Phi) is 5.22. The summed E-state index contributed by atoms with van der Waals surface area (Å²) in [6, 6.07) is 6.70. The summed E-state index contributed by atoms with van der Waals surface area (Å²) in [5.74, 6) is 0. The summed E-state index contributed by atoms with van der Waals surface area (Å²) in [7, 11) is 0. The largest absolute Gasteiger partial charge is 0.310 e. The van der Waals surface area contributed by atoms with Gasteiger partial charge in [0.25, 0.3) is 0 Å². The van der Waals surface area contributed by atoms with E-state index in [0.717, 1.165) is 28.8 Å². The van der Waals surface area contributed by atoms with Crippen LogP contribution in [-0.4, -0.2) is 16.3 Å². The molecule has 1 N–H and O–H groups in total. The van der Waals surface area contributed by atoms with Gasteiger partial charge in [-0.1, -0.05) is 22.9 Å². The van der Waals surface area contributed by atoms with Crippen LogP contribution in [0.3, 0.4) is 0 Å². The van der Waals surface area contributed by atoms with Crippen molar-refractivity contribution in [3.63, 3.8) is 0 Å². The fourth-order valence-electron chi connectivity index (χ4n) is 2.49. The Labute approximate surface area is 135 Å². The molecule has 0 saturated carbocycles. The van der Waals surface area contributed by atoms with Crippen molar-refractivity contribution in [1.29, 1.82) is 0 Å². The minimum atomic E-state index is 0.293. The molecular formula is C17H24BrN3. The van der Waals surface area contributed by atoms with Gasteiger partial charge in [-0.2, -0.15) is 5.10 Å². The third-order valence-electron chi connectivity index (χ3n) is 4.04. The van der Waals surface area contributed by atoms with E-state index in [4.69, 9.17) is 5.10 Å². The molecule has 1 atom stereocenters. The van der Waals surface area contributed by atoms with Gasteiger partial charge in [-0.15, -0.1) is 0 Å². The van der Waals surface area contributed by atoms with Crippen molar-refractivity contribution in [3.8, 4) is 5.69 Å². The molecule has 0 saturated heterocycles. The zero-order chi connectivity index (χ0) is 15.6. The zero-order valence-electron chi connectivity index (χ0n) is 13.5. The van der Waals surface area contributed by atoms with Crippen LogP contribution in [-0.2, 0) is 0 Å². The van der Waals surface area contributed by atoms with Crippen LogP contribution in [0, 0.1) is 20.8 Å². The van der Waals surface area contributed by atoms with E-state index in [-0.39, 0.29) is 0 Å². The summed E-state index contributed by atoms with van der Waals surface area (Å²) in [4.78, 5) is 0. The molecule has 1 heterocycles. The molecule has 1 aromatic heterocycles. The second kappa shape index (κ2) is 6.75. The lowest BCUT2D eigenvalue weighted by molar-refractivity contribution is 0.566. The SMILES string of the molecule is CCCNC(C)c1cc(Br)ccc1-n1nc(C)c(C)c1C. The summed E-state index contributed by atoms with van der Waals surface area (Å²) in [5.41, 5.74) is 5.98. The van der Waals surface area contributed by atoms with Crippen LogP contribution < -0.4 is 5.32 Å². The Hall–Kier alpha value is -1.13. The highest BCUT2D eigenvalue weighted by Gasteiger charge is 2.16. The smallest absolute Gasteiger partial charge is 0.0697 e. The van der Waals surface area contributed by atoms with Gasteiger partial charge in [0, 0.05) is 16.2 Å². The monoisotopic (exact) mass is 349 g/mol. The van der Waals surface area contributed by atoms with Crippen LogP contribution in [0.2, 0.25) is 0 Å². The molecule has 1 unspecified atom stereocenters. The van der Waals surface area contributed by atoms with E-state index < -0.39 is 0 Å². The molecule has 2 aromatic rings. The minimum absolute atomic E-state index is 0.293. The van der Waals surface area contributed by atoms with Crippen LogP contribution in [0.4, 0.5) is 0 Å². The van der Waals surface area contributed by atoms with Gasteiger partial charge in [-0.3, -0.25) is 0 Å². The number of halogens is 1. The first kappa shape index (κ1) is 16.2. The van der Waals surface area contributed by atoms with Gasteiger partial charge in [0.15, 0.2) is 0 Å². The Morgan fingerprint density at radius 1 is 1.29 bits per heavy atom. The summed E-state index contributed by atoms with van der Waals surface area (Å²) >= 11 is 3.59. The maximum Gasteiger partial charge on any atom is 0.0697 e. The second-order valence-electron chi connectivity index (χ2n) is 5.59. The third-order valence-corrected chi connectivity index (χ3v) is 4.53. The van der Waals surface area contributed by atoms with Crippen LogP contribution in [0.15, 0.2) is 22.7 Å². The number of benzene rings is 1. The van der Waals surface area contributed by atoms with Gasteiger partial charge < -0.3 is 5.32 Å². The highest BCUT2D eigenvalue weighted by molar-refractivity contribution is 9.10. The molecule has 0 bridgehead atoms. The number of hydrogen-bond donors (Lipinski definition) is 1. The van der Waals surface area contributed by atoms with E-state index in [1.807, 2.05) is 0 Å². The topological polar surface area (TPSA) is 29.9 Å². The molecule has 21 heavy (non-hydrogen) atoms. The lowest BCUT2D eigenvalue weighted by Gasteiger charge is -2.19. The predicted octanol–water partition coefficient (Wildman–Crippen LogP) is 4.62. The Morgan fingerprint density at radius 3 is 2.57 bits per heavy atom. The molecule has 2 rings (SSSR count). The van der Waals surface area contributed by atoms with E-state index in [9.17, 15) is 0 Å². The number of aryl methyl sites for hydroxylation is 1. The van der Waals surface area contributed by atoms with Crippen molar-refractivity contribution >= 4 is 15.9 Å². The Balaban J connectivity index is 2.50. The van der Waals surface area contributed by atoms with Gasteiger partial charge in [0.2, 0.25) is 0 Å². The molecule has 0 aliphatic heterocycles. The predicted molar refractivity (Wildman–Crippen MR) is 92.2 cm³/mol. The normalized spacial score (nSPS) is 12.7. The van der Waals surface area contributed by atoms with Crippen LogP contribution in [0.25, 0.3) is 5.69 Å². The molecule has 3 nitrogen and oxygen atoms in total. The summed E-state index contributed by atoms with van der Waals surface area (Å²) in [6.07, 6.45) is 1.13. The lowest BCUT2D eigenvalue weighted by atomic mass is 10.1. The molecule has 0 amide bonds. The summed E-state index contributed by atoms with van der Waals surface area (Å²) < 4.78 is 3.17. The number of nitrogens with one attached hydrogen (secondary N) is 1. The average Bonchev–Trinajstić information content (AvgIpc) is 2.72. The van der Waals surface area contributed by atoms with Gasteiger partial charge in [-0.05, 0) is 70.0 Å². The highest BCUT2D eigenvalue weighted by Crippen LogP contribution is 2.27. The van der Waals surface area contributed by atoms with Gasteiger partial charge in [-0.25, -0.2) is 4.68 Å². The van der Waals surface area contributed by atoms with Gasteiger partial charge in [0.1, 0.15) is 0 Å². The van der Waals surface area contributed by atoms with E-state index in [1.165, 1.54) is 16.8 Å². The maximum atomic E-state index is 4.71. The van der Waals surface area contributed by atoms with Crippen molar-refractivity contribution in [2.45, 2.75) is 47.1 Å². The molecule has 4 heteroatoms. The molecule has 0 radical (unpaired) electrons. The van der Waals surface area contributed by atoms with Gasteiger partial charge in [0.05, 0.1) is 11.4 Å². The standard InChI is InChI=1S/C17H24BrN3/c1-6-9-19-13(4)16-10-15(18)7-8-17(16)21-14(5)11(2)12(3)20-21/h7-8,10,13,19H,6,9H2,1-5H3. The fraction of sp³-hybridized carbons (Fsp3) is 0.471. The van der Waals surface area contributed by atoms with E-state index in [2.05, 4.69) is 78.7 Å². The lowest BCUT2D eigenvalue weighted by Crippen LogP contribution is -2.21. The third kappa shape index (κ3) is 3.38. The molecule has 0 aliphatic rings. The maximum absolute atomic E-state index is 4.71. The Morgan fingerprint density at radius 2 is 2.00 bits per heavy atom. The average molecular weight is 350 g/mol. The second-order valence-corrected chi connectivity index (χ2v) is 6.50. The van der Waals surface area contributed by atoms with E-state index in [0.29, 0.717) is 6.04 Å². The molecule has 1 aromatic carbocycles. The van der Waals surface area contributed by atoms with E-state index in [1.54, 1.807) is 0 Å².